The van der Waals surface area contributed by atoms with Crippen LogP contribution in [0.2, 0.25) is 0 Å². The van der Waals surface area contributed by atoms with Gasteiger partial charge in [0.2, 0.25) is 0 Å². The molecule has 1 fully saturated rings. The van der Waals surface area contributed by atoms with E-state index in [0.717, 1.165) is 4.88 Å². The van der Waals surface area contributed by atoms with E-state index in [1.54, 1.807) is 23.3 Å². The van der Waals surface area contributed by atoms with E-state index < -0.39 is 11.4 Å². The molecule has 1 aliphatic rings. The van der Waals surface area contributed by atoms with Crippen molar-refractivity contribution in [3.8, 4) is 0 Å². The Hall–Kier alpha value is -1.56. The van der Waals surface area contributed by atoms with E-state index in [1.165, 1.54) is 0 Å². The van der Waals surface area contributed by atoms with Gasteiger partial charge >= 0.3 is 12.0 Å². The first-order valence-corrected chi connectivity index (χ1v) is 6.66. The van der Waals surface area contributed by atoms with Crippen molar-refractivity contribution in [1.82, 2.24) is 10.2 Å². The van der Waals surface area contributed by atoms with Crippen molar-refractivity contribution in [3.63, 3.8) is 0 Å². The Morgan fingerprint density at radius 3 is 2.78 bits per heavy atom. The molecule has 1 heterocycles. The molecule has 2 rings (SSSR count). The fraction of sp³-hybridized carbons (Fsp3) is 0.500. The fourth-order valence-corrected chi connectivity index (χ4v) is 2.46. The van der Waals surface area contributed by atoms with Gasteiger partial charge in [0.1, 0.15) is 0 Å². The van der Waals surface area contributed by atoms with Crippen LogP contribution in [0.25, 0.3) is 0 Å². The van der Waals surface area contributed by atoms with Crippen LogP contribution in [0, 0.1) is 5.41 Å². The molecule has 0 saturated heterocycles. The van der Waals surface area contributed by atoms with Gasteiger partial charge in [-0.1, -0.05) is 6.07 Å². The van der Waals surface area contributed by atoms with Gasteiger partial charge in [-0.25, -0.2) is 4.79 Å². The lowest BCUT2D eigenvalue weighted by Crippen LogP contribution is -2.41. The van der Waals surface area contributed by atoms with Gasteiger partial charge in [-0.15, -0.1) is 11.3 Å². The Morgan fingerprint density at radius 2 is 2.28 bits per heavy atom. The summed E-state index contributed by atoms with van der Waals surface area (Å²) in [4.78, 5) is 25.4. The predicted octanol–water partition coefficient (Wildman–Crippen LogP) is 1.75. The average molecular weight is 268 g/mol. The summed E-state index contributed by atoms with van der Waals surface area (Å²) in [5.41, 5.74) is -0.709. The van der Waals surface area contributed by atoms with Gasteiger partial charge in [-0.2, -0.15) is 0 Å². The van der Waals surface area contributed by atoms with Crippen molar-refractivity contribution in [2.24, 2.45) is 5.41 Å². The summed E-state index contributed by atoms with van der Waals surface area (Å²) in [6.45, 7) is 0.763. The maximum atomic E-state index is 11.8. The second-order valence-corrected chi connectivity index (χ2v) is 5.71. The molecule has 2 N–H and O–H groups in total. The average Bonchev–Trinajstić information content (AvgIpc) is 2.97. The molecular weight excluding hydrogens is 252 g/mol. The lowest BCUT2D eigenvalue weighted by Gasteiger charge is -2.19. The third-order valence-corrected chi connectivity index (χ3v) is 4.07. The van der Waals surface area contributed by atoms with Crippen molar-refractivity contribution < 1.29 is 14.7 Å². The third-order valence-electron chi connectivity index (χ3n) is 3.21. The standard InChI is InChI=1S/C12H16N2O3S/c1-14(7-9-3-2-6-18-9)11(17)13-8-12(4-5-12)10(15)16/h2-3,6H,4-5,7-8H2,1H3,(H,13,17)(H,15,16). The smallest absolute Gasteiger partial charge is 0.317 e. The van der Waals surface area contributed by atoms with E-state index in [9.17, 15) is 9.59 Å². The highest BCUT2D eigenvalue weighted by Crippen LogP contribution is 2.45. The minimum absolute atomic E-state index is 0.218. The largest absolute Gasteiger partial charge is 0.481 e. The molecule has 0 bridgehead atoms. The number of carbonyl (C=O) groups is 2. The van der Waals surface area contributed by atoms with E-state index in [1.807, 2.05) is 17.5 Å². The fourth-order valence-electron chi connectivity index (χ4n) is 1.71. The molecule has 1 saturated carbocycles. The zero-order chi connectivity index (χ0) is 13.2. The van der Waals surface area contributed by atoms with Crippen LogP contribution in [0.15, 0.2) is 17.5 Å². The van der Waals surface area contributed by atoms with Crippen molar-refractivity contribution in [3.05, 3.63) is 22.4 Å². The Morgan fingerprint density at radius 1 is 1.56 bits per heavy atom. The van der Waals surface area contributed by atoms with Gasteiger partial charge < -0.3 is 15.3 Å². The Balaban J connectivity index is 1.79. The summed E-state index contributed by atoms with van der Waals surface area (Å²) in [7, 11) is 1.70. The van der Waals surface area contributed by atoms with Crippen molar-refractivity contribution in [2.75, 3.05) is 13.6 Å². The van der Waals surface area contributed by atoms with Gasteiger partial charge in [-0.3, -0.25) is 4.79 Å². The van der Waals surface area contributed by atoms with E-state index in [2.05, 4.69) is 5.32 Å². The number of aliphatic carboxylic acids is 1. The second-order valence-electron chi connectivity index (χ2n) is 4.68. The normalized spacial score (nSPS) is 16.1. The van der Waals surface area contributed by atoms with E-state index >= 15 is 0 Å². The highest BCUT2D eigenvalue weighted by Gasteiger charge is 2.50. The monoisotopic (exact) mass is 268 g/mol. The zero-order valence-electron chi connectivity index (χ0n) is 10.2. The van der Waals surface area contributed by atoms with Gasteiger partial charge in [0.25, 0.3) is 0 Å². The van der Waals surface area contributed by atoms with Crippen LogP contribution >= 0.6 is 11.3 Å². The lowest BCUT2D eigenvalue weighted by molar-refractivity contribution is -0.143. The van der Waals surface area contributed by atoms with Crippen LogP contribution in [0.4, 0.5) is 4.79 Å². The van der Waals surface area contributed by atoms with Crippen LogP contribution in [-0.2, 0) is 11.3 Å². The Kier molecular flexibility index (Phi) is 3.56. The number of carboxylic acids is 1. The summed E-state index contributed by atoms with van der Waals surface area (Å²) in [5.74, 6) is -0.816. The van der Waals surface area contributed by atoms with Gasteiger partial charge in [0.15, 0.2) is 0 Å². The molecule has 6 heteroatoms. The molecule has 98 valence electrons. The number of rotatable bonds is 5. The summed E-state index contributed by atoms with van der Waals surface area (Å²) in [6, 6.07) is 3.68. The highest BCUT2D eigenvalue weighted by molar-refractivity contribution is 7.09. The van der Waals surface area contributed by atoms with Crippen LogP contribution < -0.4 is 5.32 Å². The van der Waals surface area contributed by atoms with Gasteiger partial charge in [-0.05, 0) is 24.3 Å². The van der Waals surface area contributed by atoms with Crippen molar-refractivity contribution >= 4 is 23.3 Å². The Bertz CT molecular complexity index is 440. The molecule has 1 aromatic heterocycles. The van der Waals surface area contributed by atoms with Crippen LogP contribution in [0.1, 0.15) is 17.7 Å². The first kappa shape index (κ1) is 12.9. The maximum absolute atomic E-state index is 11.8. The van der Waals surface area contributed by atoms with Crippen LogP contribution in [0.3, 0.4) is 0 Å². The zero-order valence-corrected chi connectivity index (χ0v) is 11.0. The molecule has 0 unspecified atom stereocenters. The number of nitrogens with one attached hydrogen (secondary N) is 1. The van der Waals surface area contributed by atoms with Crippen molar-refractivity contribution in [1.29, 1.82) is 0 Å². The van der Waals surface area contributed by atoms with Gasteiger partial charge in [0, 0.05) is 18.5 Å². The number of hydrogen-bond donors (Lipinski definition) is 2. The molecular formula is C12H16N2O3S. The third kappa shape index (κ3) is 2.81. The molecule has 18 heavy (non-hydrogen) atoms. The molecule has 0 radical (unpaired) electrons. The number of thiophene rings is 1. The summed E-state index contributed by atoms with van der Waals surface area (Å²) in [6.07, 6.45) is 1.30. The minimum atomic E-state index is -0.816. The SMILES string of the molecule is CN(Cc1cccs1)C(=O)NCC1(C(=O)O)CC1. The molecule has 1 aromatic rings. The molecule has 5 nitrogen and oxygen atoms in total. The first-order valence-electron chi connectivity index (χ1n) is 5.78. The maximum Gasteiger partial charge on any atom is 0.317 e. The van der Waals surface area contributed by atoms with E-state index in [-0.39, 0.29) is 12.6 Å². The molecule has 0 atom stereocenters. The minimum Gasteiger partial charge on any atom is -0.481 e. The first-order chi connectivity index (χ1) is 8.53. The number of urea groups is 1. The number of carboxylic acid groups (broad SMARTS) is 1. The topological polar surface area (TPSA) is 69.6 Å². The molecule has 1 aliphatic carbocycles. The van der Waals surface area contributed by atoms with E-state index in [0.29, 0.717) is 19.4 Å². The Labute approximate surface area is 109 Å². The summed E-state index contributed by atoms with van der Waals surface area (Å²) in [5, 5.41) is 13.7. The molecule has 2 amide bonds. The number of amides is 2. The number of carbonyl (C=O) groups excluding carboxylic acids is 1. The van der Waals surface area contributed by atoms with Gasteiger partial charge in [0.05, 0.1) is 12.0 Å². The summed E-state index contributed by atoms with van der Waals surface area (Å²) < 4.78 is 0. The predicted molar refractivity (Wildman–Crippen MR) is 68.5 cm³/mol. The second kappa shape index (κ2) is 4.97. The quantitative estimate of drug-likeness (QED) is 0.854. The van der Waals surface area contributed by atoms with Crippen LogP contribution in [0.5, 0.6) is 0 Å². The number of nitrogens with zero attached hydrogens (tertiary/aromatic N) is 1. The van der Waals surface area contributed by atoms with Crippen LogP contribution in [-0.4, -0.2) is 35.6 Å². The molecule has 0 aromatic carbocycles. The highest BCUT2D eigenvalue weighted by atomic mass is 32.1. The number of hydrogen-bond acceptors (Lipinski definition) is 3. The molecule has 0 aliphatic heterocycles. The van der Waals surface area contributed by atoms with E-state index in [4.69, 9.17) is 5.11 Å². The van der Waals surface area contributed by atoms with Crippen molar-refractivity contribution in [2.45, 2.75) is 19.4 Å². The molecule has 0 spiro atoms. The lowest BCUT2D eigenvalue weighted by atomic mass is 10.1. The summed E-state index contributed by atoms with van der Waals surface area (Å²) >= 11 is 1.59.